The van der Waals surface area contributed by atoms with Gasteiger partial charge >= 0.3 is 5.69 Å². The van der Waals surface area contributed by atoms with Crippen molar-refractivity contribution in [2.45, 2.75) is 70.4 Å². The summed E-state index contributed by atoms with van der Waals surface area (Å²) in [6.45, 7) is 2.13. The number of hydrogen-bond acceptors (Lipinski definition) is 4. The van der Waals surface area contributed by atoms with Crippen LogP contribution in [0.15, 0.2) is 9.59 Å². The van der Waals surface area contributed by atoms with E-state index in [2.05, 4.69) is 15.3 Å². The fraction of sp³-hybridized carbons (Fsp3) is 0.667. The number of likely N-dealkylation sites (tertiary alicyclic amines) is 1. The molecule has 2 fully saturated rings. The monoisotopic (exact) mass is 362 g/mol. The number of amides is 2. The van der Waals surface area contributed by atoms with Crippen LogP contribution in [0, 0.1) is 6.92 Å². The molecule has 142 valence electrons. The van der Waals surface area contributed by atoms with Gasteiger partial charge in [-0.2, -0.15) is 0 Å². The molecule has 1 aromatic rings. The number of carbonyl (C=O) groups is 2. The predicted molar refractivity (Wildman–Crippen MR) is 95.9 cm³/mol. The van der Waals surface area contributed by atoms with E-state index in [0.717, 1.165) is 25.7 Å². The number of aromatic nitrogens is 2. The smallest absolute Gasteiger partial charge is 0.325 e. The molecule has 1 atom stereocenters. The lowest BCUT2D eigenvalue weighted by Gasteiger charge is -2.27. The molecule has 3 rings (SSSR count). The van der Waals surface area contributed by atoms with Crippen LogP contribution < -0.4 is 16.6 Å². The van der Waals surface area contributed by atoms with Crippen molar-refractivity contribution >= 4 is 11.8 Å². The van der Waals surface area contributed by atoms with E-state index < -0.39 is 11.2 Å². The molecule has 2 amide bonds. The maximum absolute atomic E-state index is 12.4. The topological polar surface area (TPSA) is 115 Å². The molecule has 2 aliphatic rings. The van der Waals surface area contributed by atoms with Gasteiger partial charge in [0, 0.05) is 30.3 Å². The Morgan fingerprint density at radius 2 is 1.81 bits per heavy atom. The number of nitrogens with one attached hydrogen (secondary N) is 3. The van der Waals surface area contributed by atoms with Crippen molar-refractivity contribution in [3.05, 3.63) is 32.1 Å². The van der Waals surface area contributed by atoms with Crippen LogP contribution in [-0.4, -0.2) is 45.3 Å². The van der Waals surface area contributed by atoms with Gasteiger partial charge in [0.05, 0.1) is 12.5 Å². The minimum Gasteiger partial charge on any atom is -0.351 e. The Morgan fingerprint density at radius 3 is 2.46 bits per heavy atom. The third kappa shape index (κ3) is 4.23. The molecule has 0 radical (unpaired) electrons. The molecule has 1 saturated carbocycles. The van der Waals surface area contributed by atoms with Gasteiger partial charge in [-0.15, -0.1) is 0 Å². The summed E-state index contributed by atoms with van der Waals surface area (Å²) in [6.07, 6.45) is 7.03. The highest BCUT2D eigenvalue weighted by Gasteiger charge is 2.35. The van der Waals surface area contributed by atoms with E-state index in [1.807, 2.05) is 4.90 Å². The SMILES string of the molecule is Cc1[nH]c(=O)[nH]c(=O)c1CC(=O)N[C@@H]1CC(=O)N(C2CCCCCC2)C1. The summed E-state index contributed by atoms with van der Waals surface area (Å²) in [5, 5.41) is 2.87. The zero-order chi connectivity index (χ0) is 18.7. The number of carbonyl (C=O) groups excluding carboxylic acids is 2. The molecule has 0 aromatic carbocycles. The van der Waals surface area contributed by atoms with E-state index in [-0.39, 0.29) is 35.9 Å². The van der Waals surface area contributed by atoms with E-state index >= 15 is 0 Å². The molecule has 0 spiro atoms. The van der Waals surface area contributed by atoms with Crippen molar-refractivity contribution in [3.63, 3.8) is 0 Å². The van der Waals surface area contributed by atoms with Gasteiger partial charge in [-0.05, 0) is 19.8 Å². The number of aromatic amines is 2. The minimum absolute atomic E-state index is 0.0975. The third-order valence-electron chi connectivity index (χ3n) is 5.38. The average molecular weight is 362 g/mol. The quantitative estimate of drug-likeness (QED) is 0.671. The second-order valence-electron chi connectivity index (χ2n) is 7.35. The first-order chi connectivity index (χ1) is 12.4. The Balaban J connectivity index is 1.59. The lowest BCUT2D eigenvalue weighted by atomic mass is 10.1. The first-order valence-corrected chi connectivity index (χ1v) is 9.35. The van der Waals surface area contributed by atoms with Gasteiger partial charge in [-0.1, -0.05) is 25.7 Å². The van der Waals surface area contributed by atoms with E-state index in [0.29, 0.717) is 18.7 Å². The highest BCUT2D eigenvalue weighted by molar-refractivity contribution is 5.83. The van der Waals surface area contributed by atoms with Gasteiger partial charge in [0.2, 0.25) is 11.8 Å². The van der Waals surface area contributed by atoms with Crippen molar-refractivity contribution in [1.82, 2.24) is 20.2 Å². The molecule has 0 unspecified atom stereocenters. The molecule has 1 aliphatic carbocycles. The Kier molecular flexibility index (Phi) is 5.58. The molecule has 2 heterocycles. The Bertz CT molecular complexity index is 789. The van der Waals surface area contributed by atoms with Crippen LogP contribution in [0.5, 0.6) is 0 Å². The van der Waals surface area contributed by atoms with Crippen molar-refractivity contribution in [1.29, 1.82) is 0 Å². The number of hydrogen-bond donors (Lipinski definition) is 3. The maximum atomic E-state index is 12.4. The van der Waals surface area contributed by atoms with E-state index in [9.17, 15) is 19.2 Å². The van der Waals surface area contributed by atoms with Gasteiger partial charge in [-0.3, -0.25) is 19.4 Å². The van der Waals surface area contributed by atoms with Crippen LogP contribution in [0.2, 0.25) is 0 Å². The van der Waals surface area contributed by atoms with Gasteiger partial charge in [-0.25, -0.2) is 4.79 Å². The van der Waals surface area contributed by atoms with E-state index in [1.165, 1.54) is 12.8 Å². The second-order valence-corrected chi connectivity index (χ2v) is 7.35. The van der Waals surface area contributed by atoms with Crippen molar-refractivity contribution in [3.8, 4) is 0 Å². The summed E-state index contributed by atoms with van der Waals surface area (Å²) in [7, 11) is 0. The Hall–Kier alpha value is -2.38. The molecule has 26 heavy (non-hydrogen) atoms. The predicted octanol–water partition coefficient (Wildman–Crippen LogP) is 0.354. The van der Waals surface area contributed by atoms with Crippen LogP contribution in [0.1, 0.15) is 56.2 Å². The molecule has 1 saturated heterocycles. The number of H-pyrrole nitrogens is 2. The summed E-state index contributed by atoms with van der Waals surface area (Å²) in [4.78, 5) is 54.3. The summed E-state index contributed by atoms with van der Waals surface area (Å²) in [5.41, 5.74) is -0.510. The zero-order valence-corrected chi connectivity index (χ0v) is 15.1. The first kappa shape index (κ1) is 18.4. The van der Waals surface area contributed by atoms with Crippen LogP contribution in [0.25, 0.3) is 0 Å². The summed E-state index contributed by atoms with van der Waals surface area (Å²) < 4.78 is 0. The van der Waals surface area contributed by atoms with Crippen molar-refractivity contribution in [2.24, 2.45) is 0 Å². The lowest BCUT2D eigenvalue weighted by Crippen LogP contribution is -2.41. The molecule has 8 nitrogen and oxygen atoms in total. The maximum Gasteiger partial charge on any atom is 0.325 e. The van der Waals surface area contributed by atoms with Crippen LogP contribution >= 0.6 is 0 Å². The standard InChI is InChI=1S/C18H26N4O4/c1-11-14(17(25)21-18(26)19-11)9-15(23)20-12-8-16(24)22(10-12)13-6-4-2-3-5-7-13/h12-13H,2-10H2,1H3,(H,20,23)(H2,19,21,25,26)/t12-/m1/s1. The number of aryl methyl sites for hydroxylation is 1. The summed E-state index contributed by atoms with van der Waals surface area (Å²) >= 11 is 0. The normalized spacial score (nSPS) is 21.7. The fourth-order valence-electron chi connectivity index (χ4n) is 4.03. The van der Waals surface area contributed by atoms with E-state index in [1.54, 1.807) is 6.92 Å². The Labute approximate surface area is 151 Å². The van der Waals surface area contributed by atoms with Crippen LogP contribution in [0.4, 0.5) is 0 Å². The van der Waals surface area contributed by atoms with Gasteiger partial charge < -0.3 is 15.2 Å². The lowest BCUT2D eigenvalue weighted by molar-refractivity contribution is -0.129. The second kappa shape index (κ2) is 7.88. The van der Waals surface area contributed by atoms with Gasteiger partial charge in [0.15, 0.2) is 0 Å². The molecule has 3 N–H and O–H groups in total. The highest BCUT2D eigenvalue weighted by Crippen LogP contribution is 2.25. The molecule has 1 aliphatic heterocycles. The molecular formula is C18H26N4O4. The highest BCUT2D eigenvalue weighted by atomic mass is 16.2. The summed E-state index contributed by atoms with van der Waals surface area (Å²) in [6, 6.07) is 0.0663. The minimum atomic E-state index is -0.586. The summed E-state index contributed by atoms with van der Waals surface area (Å²) in [5.74, 6) is -0.216. The first-order valence-electron chi connectivity index (χ1n) is 9.35. The van der Waals surface area contributed by atoms with Crippen LogP contribution in [-0.2, 0) is 16.0 Å². The fourth-order valence-corrected chi connectivity index (χ4v) is 4.03. The molecule has 1 aromatic heterocycles. The Morgan fingerprint density at radius 1 is 1.12 bits per heavy atom. The largest absolute Gasteiger partial charge is 0.351 e. The van der Waals surface area contributed by atoms with Crippen molar-refractivity contribution in [2.75, 3.05) is 6.54 Å². The van der Waals surface area contributed by atoms with Gasteiger partial charge in [0.1, 0.15) is 0 Å². The van der Waals surface area contributed by atoms with Crippen LogP contribution in [0.3, 0.4) is 0 Å². The molecule has 0 bridgehead atoms. The molecule has 8 heteroatoms. The van der Waals surface area contributed by atoms with E-state index in [4.69, 9.17) is 0 Å². The molecular weight excluding hydrogens is 336 g/mol. The average Bonchev–Trinajstić information content (AvgIpc) is 2.77. The number of nitrogens with zero attached hydrogens (tertiary/aromatic N) is 1. The third-order valence-corrected chi connectivity index (χ3v) is 5.38. The van der Waals surface area contributed by atoms with Gasteiger partial charge in [0.25, 0.3) is 5.56 Å². The number of rotatable bonds is 4. The zero-order valence-electron chi connectivity index (χ0n) is 15.1. The van der Waals surface area contributed by atoms with Crippen molar-refractivity contribution < 1.29 is 9.59 Å².